The van der Waals surface area contributed by atoms with Crippen molar-refractivity contribution in [3.05, 3.63) is 40.8 Å². The Kier molecular flexibility index (Phi) is 2.68. The van der Waals surface area contributed by atoms with Gasteiger partial charge in [-0.15, -0.1) is 0 Å². The van der Waals surface area contributed by atoms with Gasteiger partial charge in [0.15, 0.2) is 0 Å². The molecule has 0 saturated heterocycles. The Morgan fingerprint density at radius 1 is 1.59 bits per heavy atom. The lowest BCUT2D eigenvalue weighted by molar-refractivity contribution is 0.0110. The van der Waals surface area contributed by atoms with Crippen LogP contribution in [0.2, 0.25) is 0 Å². The normalized spacial score (nSPS) is 14.3. The van der Waals surface area contributed by atoms with Crippen molar-refractivity contribution in [3.63, 3.8) is 0 Å². The zero-order valence-electron chi connectivity index (χ0n) is 9.51. The van der Waals surface area contributed by atoms with E-state index in [1.165, 1.54) is 23.9 Å². The number of aliphatic hydroxyl groups is 1. The number of aromatic nitrogens is 4. The molecule has 2 rings (SSSR count). The molecule has 7 heteroatoms. The smallest absolute Gasteiger partial charge is 0.252 e. The van der Waals surface area contributed by atoms with Crippen LogP contribution in [-0.4, -0.2) is 24.6 Å². The molecular formula is C10H13N5O2. The average molecular weight is 235 g/mol. The Hall–Kier alpha value is -2.15. The van der Waals surface area contributed by atoms with Crippen molar-refractivity contribution in [2.75, 3.05) is 5.32 Å². The van der Waals surface area contributed by atoms with Gasteiger partial charge in [0.2, 0.25) is 11.8 Å². The third-order valence-corrected chi connectivity index (χ3v) is 2.23. The Bertz CT molecular complexity index is 558. The molecule has 90 valence electrons. The summed E-state index contributed by atoms with van der Waals surface area (Å²) in [5.41, 5.74) is 0.291. The Labute approximate surface area is 97.2 Å². The van der Waals surface area contributed by atoms with Crippen LogP contribution < -0.4 is 10.9 Å². The molecule has 2 aromatic heterocycles. The van der Waals surface area contributed by atoms with Gasteiger partial charge in [-0.05, 0) is 6.92 Å². The summed E-state index contributed by atoms with van der Waals surface area (Å²) in [6.07, 6.45) is 4.60. The lowest BCUT2D eigenvalue weighted by atomic mass is 10.4. The summed E-state index contributed by atoms with van der Waals surface area (Å²) in [4.78, 5) is 21.6. The van der Waals surface area contributed by atoms with Crippen LogP contribution in [0.5, 0.6) is 0 Å². The highest BCUT2D eigenvalue weighted by Gasteiger charge is 2.22. The van der Waals surface area contributed by atoms with E-state index in [9.17, 15) is 9.90 Å². The topological polar surface area (TPSA) is 95.8 Å². The summed E-state index contributed by atoms with van der Waals surface area (Å²) in [7, 11) is 0. The lowest BCUT2D eigenvalue weighted by Gasteiger charge is -2.26. The molecule has 0 fully saturated rings. The van der Waals surface area contributed by atoms with Gasteiger partial charge in [-0.25, -0.2) is 9.97 Å². The average Bonchev–Trinajstić information content (AvgIpc) is 2.67. The van der Waals surface area contributed by atoms with E-state index in [-0.39, 0.29) is 11.5 Å². The summed E-state index contributed by atoms with van der Waals surface area (Å²) in [6, 6.07) is 1.37. The standard InChI is InChI=1S/C10H13N5O2/c1-7-5-8(16)13-9(12-7)14-10(2,17)15-4-3-11-6-15/h3-6,17H,1-2H3,(H2,12,13,14,16). The van der Waals surface area contributed by atoms with Gasteiger partial charge >= 0.3 is 0 Å². The first-order valence-corrected chi connectivity index (χ1v) is 5.04. The molecule has 0 aromatic carbocycles. The zero-order valence-corrected chi connectivity index (χ0v) is 9.51. The minimum atomic E-state index is -1.42. The Balaban J connectivity index is 2.29. The van der Waals surface area contributed by atoms with E-state index in [0.29, 0.717) is 5.69 Å². The molecule has 0 radical (unpaired) electrons. The summed E-state index contributed by atoms with van der Waals surface area (Å²) >= 11 is 0. The van der Waals surface area contributed by atoms with Crippen LogP contribution in [-0.2, 0) is 5.85 Å². The van der Waals surface area contributed by atoms with Gasteiger partial charge in [-0.2, -0.15) is 0 Å². The summed E-state index contributed by atoms with van der Waals surface area (Å²) in [5.74, 6) is -1.21. The Morgan fingerprint density at radius 2 is 2.35 bits per heavy atom. The van der Waals surface area contributed by atoms with Crippen molar-refractivity contribution in [1.82, 2.24) is 19.5 Å². The number of H-pyrrole nitrogens is 1. The van der Waals surface area contributed by atoms with Gasteiger partial charge in [0.25, 0.3) is 5.56 Å². The van der Waals surface area contributed by atoms with Crippen LogP contribution in [0.25, 0.3) is 0 Å². The van der Waals surface area contributed by atoms with E-state index in [4.69, 9.17) is 0 Å². The fourth-order valence-electron chi connectivity index (χ4n) is 1.44. The third-order valence-electron chi connectivity index (χ3n) is 2.23. The molecule has 0 bridgehead atoms. The van der Waals surface area contributed by atoms with Crippen molar-refractivity contribution in [2.45, 2.75) is 19.7 Å². The number of hydrogen-bond acceptors (Lipinski definition) is 5. The quantitative estimate of drug-likeness (QED) is 0.651. The number of anilines is 1. The first kappa shape index (κ1) is 11.3. The van der Waals surface area contributed by atoms with E-state index in [1.807, 2.05) is 0 Å². The summed E-state index contributed by atoms with van der Waals surface area (Å²) < 4.78 is 1.45. The van der Waals surface area contributed by atoms with Crippen molar-refractivity contribution in [3.8, 4) is 0 Å². The van der Waals surface area contributed by atoms with E-state index in [0.717, 1.165) is 0 Å². The van der Waals surface area contributed by atoms with Crippen LogP contribution in [0.15, 0.2) is 29.6 Å². The molecule has 0 saturated carbocycles. The number of hydrogen-bond donors (Lipinski definition) is 3. The van der Waals surface area contributed by atoms with Gasteiger partial charge in [0, 0.05) is 31.1 Å². The highest BCUT2D eigenvalue weighted by Crippen LogP contribution is 2.12. The zero-order chi connectivity index (χ0) is 12.5. The third kappa shape index (κ3) is 2.51. The maximum absolute atomic E-state index is 11.2. The molecule has 0 spiro atoms. The molecular weight excluding hydrogens is 222 g/mol. The van der Waals surface area contributed by atoms with Gasteiger partial charge in [-0.1, -0.05) is 0 Å². The number of imidazole rings is 1. The summed E-state index contributed by atoms with van der Waals surface area (Å²) in [6.45, 7) is 3.23. The first-order chi connectivity index (χ1) is 7.97. The van der Waals surface area contributed by atoms with Crippen molar-refractivity contribution in [2.24, 2.45) is 0 Å². The molecule has 0 aliphatic heterocycles. The molecule has 2 aromatic rings. The monoisotopic (exact) mass is 235 g/mol. The van der Waals surface area contributed by atoms with E-state index in [1.54, 1.807) is 19.3 Å². The minimum Gasteiger partial charge on any atom is -0.354 e. The van der Waals surface area contributed by atoms with Crippen LogP contribution in [0.4, 0.5) is 5.95 Å². The fourth-order valence-corrected chi connectivity index (χ4v) is 1.44. The molecule has 7 nitrogen and oxygen atoms in total. The van der Waals surface area contributed by atoms with E-state index < -0.39 is 5.85 Å². The largest absolute Gasteiger partial charge is 0.354 e. The molecule has 1 atom stereocenters. The molecule has 0 aliphatic carbocycles. The van der Waals surface area contributed by atoms with Gasteiger partial charge in [-0.3, -0.25) is 14.3 Å². The molecule has 2 heterocycles. The highest BCUT2D eigenvalue weighted by atomic mass is 16.3. The molecule has 0 aliphatic rings. The Morgan fingerprint density at radius 3 is 2.94 bits per heavy atom. The lowest BCUT2D eigenvalue weighted by Crippen LogP contribution is -2.38. The number of aromatic amines is 1. The van der Waals surface area contributed by atoms with E-state index >= 15 is 0 Å². The number of nitrogens with one attached hydrogen (secondary N) is 2. The molecule has 17 heavy (non-hydrogen) atoms. The minimum absolute atomic E-state index is 0.203. The highest BCUT2D eigenvalue weighted by molar-refractivity contribution is 5.26. The predicted octanol–water partition coefficient (Wildman–Crippen LogP) is 0.00942. The second kappa shape index (κ2) is 4.02. The molecule has 0 amide bonds. The van der Waals surface area contributed by atoms with Crippen LogP contribution >= 0.6 is 0 Å². The second-order valence-electron chi connectivity index (χ2n) is 3.85. The van der Waals surface area contributed by atoms with Crippen LogP contribution in [0.3, 0.4) is 0 Å². The number of rotatable bonds is 3. The molecule has 1 unspecified atom stereocenters. The number of nitrogens with zero attached hydrogens (tertiary/aromatic N) is 3. The van der Waals surface area contributed by atoms with Crippen molar-refractivity contribution in [1.29, 1.82) is 0 Å². The molecule has 3 N–H and O–H groups in total. The maximum Gasteiger partial charge on any atom is 0.252 e. The predicted molar refractivity (Wildman–Crippen MR) is 61.3 cm³/mol. The van der Waals surface area contributed by atoms with Gasteiger partial charge in [0.05, 0.1) is 6.33 Å². The van der Waals surface area contributed by atoms with Gasteiger partial charge in [0.1, 0.15) is 0 Å². The second-order valence-corrected chi connectivity index (χ2v) is 3.85. The number of aryl methyl sites for hydroxylation is 1. The summed E-state index contributed by atoms with van der Waals surface area (Å²) in [5, 5.41) is 12.9. The van der Waals surface area contributed by atoms with Crippen molar-refractivity contribution >= 4 is 5.95 Å². The van der Waals surface area contributed by atoms with E-state index in [2.05, 4.69) is 20.3 Å². The SMILES string of the molecule is Cc1cc(=O)[nH]c(NC(C)(O)n2ccnc2)n1. The fraction of sp³-hybridized carbons (Fsp3) is 0.300. The van der Waals surface area contributed by atoms with Crippen LogP contribution in [0, 0.1) is 6.92 Å². The van der Waals surface area contributed by atoms with Crippen molar-refractivity contribution < 1.29 is 5.11 Å². The first-order valence-electron chi connectivity index (χ1n) is 5.04. The maximum atomic E-state index is 11.2. The van der Waals surface area contributed by atoms with Crippen LogP contribution in [0.1, 0.15) is 12.6 Å². The van der Waals surface area contributed by atoms with Gasteiger partial charge < -0.3 is 10.4 Å².